The molecule has 29 heavy (non-hydrogen) atoms. The first-order valence-electron chi connectivity index (χ1n) is 9.89. The largest absolute Gasteiger partial charge is 0.392 e. The van der Waals surface area contributed by atoms with Crippen molar-refractivity contribution in [3.8, 4) is 0 Å². The molecule has 3 rings (SSSR count). The van der Waals surface area contributed by atoms with Gasteiger partial charge in [-0.05, 0) is 43.5 Å². The molecule has 2 aromatic rings. The summed E-state index contributed by atoms with van der Waals surface area (Å²) in [5.41, 5.74) is 1.71. The zero-order valence-electron chi connectivity index (χ0n) is 16.5. The van der Waals surface area contributed by atoms with Gasteiger partial charge in [-0.25, -0.2) is 4.79 Å². The second-order valence-electron chi connectivity index (χ2n) is 7.55. The van der Waals surface area contributed by atoms with Crippen molar-refractivity contribution in [2.24, 2.45) is 0 Å². The maximum Gasteiger partial charge on any atom is 0.322 e. The monoisotopic (exact) mass is 435 g/mol. The van der Waals surface area contributed by atoms with E-state index in [9.17, 15) is 9.90 Å². The quantitative estimate of drug-likeness (QED) is 0.679. The van der Waals surface area contributed by atoms with Gasteiger partial charge in [0, 0.05) is 37.9 Å². The van der Waals surface area contributed by atoms with Crippen LogP contribution in [0, 0.1) is 0 Å². The van der Waals surface area contributed by atoms with E-state index in [1.807, 2.05) is 35.2 Å². The zero-order chi connectivity index (χ0) is 20.8. The van der Waals surface area contributed by atoms with E-state index in [2.05, 4.69) is 10.2 Å². The van der Waals surface area contributed by atoms with Crippen LogP contribution in [0.5, 0.6) is 0 Å². The molecular weight excluding hydrogens is 409 g/mol. The van der Waals surface area contributed by atoms with Crippen LogP contribution >= 0.6 is 23.2 Å². The average Bonchev–Trinajstić information content (AvgIpc) is 2.70. The first-order valence-corrected chi connectivity index (χ1v) is 10.6. The van der Waals surface area contributed by atoms with Crippen LogP contribution in [-0.2, 0) is 6.54 Å². The molecule has 1 fully saturated rings. The molecule has 2 N–H and O–H groups in total. The molecule has 1 unspecified atom stereocenters. The molecule has 156 valence electrons. The molecule has 5 nitrogen and oxygen atoms in total. The SMILES string of the molecule is CC(O)CN1CCC(N(Cc2ccccc2)C(=O)Nc2ccc(Cl)c(Cl)c2)CC1. The van der Waals surface area contributed by atoms with E-state index in [4.69, 9.17) is 23.2 Å². The van der Waals surface area contributed by atoms with Crippen molar-refractivity contribution >= 4 is 34.9 Å². The number of aliphatic hydroxyl groups is 1. The minimum absolute atomic E-state index is 0.128. The van der Waals surface area contributed by atoms with Crippen molar-refractivity contribution < 1.29 is 9.90 Å². The Hall–Kier alpha value is -1.79. The first-order chi connectivity index (χ1) is 13.9. The molecule has 2 aromatic carbocycles. The number of anilines is 1. The lowest BCUT2D eigenvalue weighted by Crippen LogP contribution is -2.49. The molecule has 0 spiro atoms. The van der Waals surface area contributed by atoms with E-state index in [0.29, 0.717) is 28.8 Å². The van der Waals surface area contributed by atoms with Gasteiger partial charge in [-0.2, -0.15) is 0 Å². The van der Waals surface area contributed by atoms with E-state index >= 15 is 0 Å². The minimum atomic E-state index is -0.343. The molecule has 1 aliphatic heterocycles. The van der Waals surface area contributed by atoms with Crippen LogP contribution in [0.4, 0.5) is 10.5 Å². The summed E-state index contributed by atoms with van der Waals surface area (Å²) in [7, 11) is 0. The van der Waals surface area contributed by atoms with Crippen LogP contribution in [-0.4, -0.2) is 52.7 Å². The number of hydrogen-bond acceptors (Lipinski definition) is 3. The molecule has 0 aromatic heterocycles. The Bertz CT molecular complexity index is 809. The van der Waals surface area contributed by atoms with Gasteiger partial charge in [0.05, 0.1) is 16.1 Å². The van der Waals surface area contributed by atoms with Gasteiger partial charge in [-0.1, -0.05) is 53.5 Å². The number of carbonyl (C=O) groups is 1. The lowest BCUT2D eigenvalue weighted by molar-refractivity contribution is 0.0830. The number of benzene rings is 2. The normalized spacial score (nSPS) is 16.4. The summed E-state index contributed by atoms with van der Waals surface area (Å²) in [6.45, 7) is 4.73. The van der Waals surface area contributed by atoms with Crippen LogP contribution < -0.4 is 5.32 Å². The van der Waals surface area contributed by atoms with Gasteiger partial charge < -0.3 is 20.2 Å². The number of piperidine rings is 1. The number of rotatable bonds is 6. The molecule has 2 amide bonds. The molecule has 1 atom stereocenters. The maximum atomic E-state index is 13.2. The first kappa shape index (κ1) is 21.9. The lowest BCUT2D eigenvalue weighted by atomic mass is 10.0. The van der Waals surface area contributed by atoms with Gasteiger partial charge in [-0.3, -0.25) is 0 Å². The zero-order valence-corrected chi connectivity index (χ0v) is 18.0. The van der Waals surface area contributed by atoms with Crippen molar-refractivity contribution in [3.63, 3.8) is 0 Å². The standard InChI is InChI=1S/C22H27Cl2N3O2/c1-16(28)14-26-11-9-19(10-12-26)27(15-17-5-3-2-4-6-17)22(29)25-18-7-8-20(23)21(24)13-18/h2-8,13,16,19,28H,9-12,14-15H2,1H3,(H,25,29). The summed E-state index contributed by atoms with van der Waals surface area (Å²) < 4.78 is 0. The molecule has 0 aliphatic carbocycles. The van der Waals surface area contributed by atoms with Crippen LogP contribution in [0.3, 0.4) is 0 Å². The Morgan fingerprint density at radius 1 is 1.17 bits per heavy atom. The van der Waals surface area contributed by atoms with Gasteiger partial charge in [0.2, 0.25) is 0 Å². The summed E-state index contributed by atoms with van der Waals surface area (Å²) in [5.74, 6) is 0. The molecule has 0 saturated carbocycles. The third kappa shape index (κ3) is 6.34. The third-order valence-electron chi connectivity index (χ3n) is 5.15. The van der Waals surface area contributed by atoms with Gasteiger partial charge in [0.15, 0.2) is 0 Å². The Morgan fingerprint density at radius 3 is 2.48 bits per heavy atom. The average molecular weight is 436 g/mol. The van der Waals surface area contributed by atoms with E-state index in [1.165, 1.54) is 0 Å². The molecule has 0 bridgehead atoms. The fraction of sp³-hybridized carbons (Fsp3) is 0.409. The van der Waals surface area contributed by atoms with Crippen LogP contribution in [0.25, 0.3) is 0 Å². The second-order valence-corrected chi connectivity index (χ2v) is 8.37. The highest BCUT2D eigenvalue weighted by Crippen LogP contribution is 2.26. The Kier molecular flexibility index (Phi) is 7.78. The number of urea groups is 1. The molecule has 1 saturated heterocycles. The van der Waals surface area contributed by atoms with Crippen LogP contribution in [0.15, 0.2) is 48.5 Å². The van der Waals surface area contributed by atoms with Gasteiger partial charge in [0.25, 0.3) is 0 Å². The van der Waals surface area contributed by atoms with Crippen molar-refractivity contribution in [1.82, 2.24) is 9.80 Å². The molecule has 0 radical (unpaired) electrons. The third-order valence-corrected chi connectivity index (χ3v) is 5.89. The fourth-order valence-electron chi connectivity index (χ4n) is 3.70. The number of hydrogen-bond donors (Lipinski definition) is 2. The molecule has 1 aliphatic rings. The smallest absolute Gasteiger partial charge is 0.322 e. The van der Waals surface area contributed by atoms with E-state index in [0.717, 1.165) is 31.5 Å². The summed E-state index contributed by atoms with van der Waals surface area (Å²) in [4.78, 5) is 17.3. The topological polar surface area (TPSA) is 55.8 Å². The Morgan fingerprint density at radius 2 is 1.86 bits per heavy atom. The molecule has 7 heteroatoms. The highest BCUT2D eigenvalue weighted by molar-refractivity contribution is 6.42. The number of nitrogens with zero attached hydrogens (tertiary/aromatic N) is 2. The Labute approximate surface area is 182 Å². The minimum Gasteiger partial charge on any atom is -0.392 e. The molecular formula is C22H27Cl2N3O2. The van der Waals surface area contributed by atoms with E-state index < -0.39 is 0 Å². The number of halogens is 2. The number of nitrogens with one attached hydrogen (secondary N) is 1. The highest BCUT2D eigenvalue weighted by Gasteiger charge is 2.28. The molecule has 1 heterocycles. The fourth-order valence-corrected chi connectivity index (χ4v) is 4.00. The Balaban J connectivity index is 1.72. The van der Waals surface area contributed by atoms with E-state index in [-0.39, 0.29) is 18.2 Å². The van der Waals surface area contributed by atoms with Gasteiger partial charge >= 0.3 is 6.03 Å². The summed E-state index contributed by atoms with van der Waals surface area (Å²) >= 11 is 12.1. The van der Waals surface area contributed by atoms with Crippen molar-refractivity contribution in [3.05, 3.63) is 64.1 Å². The van der Waals surface area contributed by atoms with Crippen molar-refractivity contribution in [1.29, 1.82) is 0 Å². The van der Waals surface area contributed by atoms with Crippen molar-refractivity contribution in [2.75, 3.05) is 25.0 Å². The van der Waals surface area contributed by atoms with Crippen LogP contribution in [0.2, 0.25) is 10.0 Å². The predicted molar refractivity (Wildman–Crippen MR) is 119 cm³/mol. The maximum absolute atomic E-state index is 13.2. The number of likely N-dealkylation sites (tertiary alicyclic amines) is 1. The van der Waals surface area contributed by atoms with Gasteiger partial charge in [-0.15, -0.1) is 0 Å². The van der Waals surface area contributed by atoms with Gasteiger partial charge in [0.1, 0.15) is 0 Å². The summed E-state index contributed by atoms with van der Waals surface area (Å²) in [6, 6.07) is 15.1. The summed E-state index contributed by atoms with van der Waals surface area (Å²) in [6.07, 6.45) is 1.40. The number of carbonyl (C=O) groups excluding carboxylic acids is 1. The second kappa shape index (κ2) is 10.3. The van der Waals surface area contributed by atoms with E-state index in [1.54, 1.807) is 25.1 Å². The number of β-amino-alcohol motifs (C(OH)–C–C–N with tert-alkyl or cyclic N) is 1. The number of amides is 2. The summed E-state index contributed by atoms with van der Waals surface area (Å²) in [5, 5.41) is 13.5. The van der Waals surface area contributed by atoms with Crippen molar-refractivity contribution in [2.45, 2.75) is 38.5 Å². The van der Waals surface area contributed by atoms with Crippen LogP contribution in [0.1, 0.15) is 25.3 Å². The lowest BCUT2D eigenvalue weighted by Gasteiger charge is -2.39. The highest BCUT2D eigenvalue weighted by atomic mass is 35.5. The number of aliphatic hydroxyl groups excluding tert-OH is 1. The predicted octanol–water partition coefficient (Wildman–Crippen LogP) is 4.87.